The number of hydrogen-bond donors (Lipinski definition) is 1. The van der Waals surface area contributed by atoms with Gasteiger partial charge in [-0.1, -0.05) is 50.1 Å². The number of benzene rings is 1. The summed E-state index contributed by atoms with van der Waals surface area (Å²) >= 11 is 0. The van der Waals surface area contributed by atoms with Gasteiger partial charge < -0.3 is 20.1 Å². The SMILES string of the molecule is CCCC[C@H](O[C@@H](Cc1ccccc1)C(=O)N1CCC(OC)CC1)C(N)=O. The summed E-state index contributed by atoms with van der Waals surface area (Å²) in [5.41, 5.74) is 6.53. The van der Waals surface area contributed by atoms with Crippen molar-refractivity contribution < 1.29 is 19.1 Å². The van der Waals surface area contributed by atoms with Gasteiger partial charge in [-0.3, -0.25) is 9.59 Å². The van der Waals surface area contributed by atoms with Crippen molar-refractivity contribution >= 4 is 11.8 Å². The van der Waals surface area contributed by atoms with Crippen molar-refractivity contribution in [1.29, 1.82) is 0 Å². The Morgan fingerprint density at radius 2 is 1.85 bits per heavy atom. The Hall–Kier alpha value is -1.92. The summed E-state index contributed by atoms with van der Waals surface area (Å²) in [6, 6.07) is 9.73. The highest BCUT2D eigenvalue weighted by atomic mass is 16.5. The maximum Gasteiger partial charge on any atom is 0.252 e. The van der Waals surface area contributed by atoms with Gasteiger partial charge in [0.2, 0.25) is 5.91 Å². The van der Waals surface area contributed by atoms with E-state index in [0.717, 1.165) is 31.2 Å². The number of carbonyl (C=O) groups excluding carboxylic acids is 2. The van der Waals surface area contributed by atoms with Crippen LogP contribution in [-0.2, 0) is 25.5 Å². The van der Waals surface area contributed by atoms with E-state index in [2.05, 4.69) is 0 Å². The first kappa shape index (κ1) is 21.4. The number of amides is 2. The fourth-order valence-electron chi connectivity index (χ4n) is 3.40. The molecule has 1 aromatic carbocycles. The number of primary amides is 1. The van der Waals surface area contributed by atoms with Gasteiger partial charge in [-0.25, -0.2) is 0 Å². The van der Waals surface area contributed by atoms with Crippen molar-refractivity contribution in [2.24, 2.45) is 5.73 Å². The van der Waals surface area contributed by atoms with Crippen LogP contribution in [0.3, 0.4) is 0 Å². The molecule has 0 aliphatic carbocycles. The molecular weight excluding hydrogens is 344 g/mol. The largest absolute Gasteiger partial charge is 0.381 e. The lowest BCUT2D eigenvalue weighted by molar-refractivity contribution is -0.154. The van der Waals surface area contributed by atoms with Crippen LogP contribution in [-0.4, -0.2) is 55.2 Å². The molecule has 2 N–H and O–H groups in total. The summed E-state index contributed by atoms with van der Waals surface area (Å²) in [6.07, 6.45) is 3.12. The van der Waals surface area contributed by atoms with Crippen molar-refractivity contribution in [2.75, 3.05) is 20.2 Å². The molecule has 27 heavy (non-hydrogen) atoms. The van der Waals surface area contributed by atoms with Crippen molar-refractivity contribution in [2.45, 2.75) is 63.8 Å². The van der Waals surface area contributed by atoms with Crippen LogP contribution in [0.15, 0.2) is 30.3 Å². The van der Waals surface area contributed by atoms with Crippen LogP contribution in [0, 0.1) is 0 Å². The van der Waals surface area contributed by atoms with E-state index >= 15 is 0 Å². The number of nitrogens with two attached hydrogens (primary N) is 1. The Bertz CT molecular complexity index is 585. The van der Waals surface area contributed by atoms with Crippen LogP contribution < -0.4 is 5.73 Å². The first-order chi connectivity index (χ1) is 13.0. The van der Waals surface area contributed by atoms with E-state index in [1.54, 1.807) is 7.11 Å². The summed E-state index contributed by atoms with van der Waals surface area (Å²) in [4.78, 5) is 26.8. The van der Waals surface area contributed by atoms with E-state index in [0.29, 0.717) is 25.9 Å². The maximum atomic E-state index is 13.1. The third-order valence-electron chi connectivity index (χ3n) is 5.09. The van der Waals surface area contributed by atoms with Gasteiger partial charge in [-0.15, -0.1) is 0 Å². The predicted molar refractivity (Wildman–Crippen MR) is 104 cm³/mol. The summed E-state index contributed by atoms with van der Waals surface area (Å²) < 4.78 is 11.4. The molecule has 1 aliphatic rings. The lowest BCUT2D eigenvalue weighted by Crippen LogP contribution is -2.48. The molecule has 6 nitrogen and oxygen atoms in total. The molecule has 1 saturated heterocycles. The molecule has 1 aromatic rings. The molecule has 0 radical (unpaired) electrons. The molecule has 2 amide bonds. The fraction of sp³-hybridized carbons (Fsp3) is 0.619. The third kappa shape index (κ3) is 6.63. The molecular formula is C21H32N2O4. The molecule has 2 rings (SSSR count). The van der Waals surface area contributed by atoms with Crippen LogP contribution in [0.4, 0.5) is 0 Å². The lowest BCUT2D eigenvalue weighted by atomic mass is 10.0. The average molecular weight is 376 g/mol. The Kier molecular flexibility index (Phi) is 8.75. The number of rotatable bonds is 10. The Labute approximate surface area is 162 Å². The number of piperidine rings is 1. The van der Waals surface area contributed by atoms with E-state index in [1.807, 2.05) is 42.2 Å². The number of methoxy groups -OCH3 is 1. The minimum atomic E-state index is -0.737. The monoisotopic (exact) mass is 376 g/mol. The Morgan fingerprint density at radius 1 is 1.19 bits per heavy atom. The number of unbranched alkanes of at least 4 members (excludes halogenated alkanes) is 1. The van der Waals surface area contributed by atoms with E-state index in [4.69, 9.17) is 15.2 Å². The zero-order valence-corrected chi connectivity index (χ0v) is 16.4. The highest BCUT2D eigenvalue weighted by Crippen LogP contribution is 2.18. The number of nitrogens with zero attached hydrogens (tertiary/aromatic N) is 1. The smallest absolute Gasteiger partial charge is 0.252 e. The number of ether oxygens (including phenoxy) is 2. The molecule has 1 aliphatic heterocycles. The molecule has 6 heteroatoms. The zero-order chi connectivity index (χ0) is 19.6. The van der Waals surface area contributed by atoms with E-state index in [1.165, 1.54) is 0 Å². The summed E-state index contributed by atoms with van der Waals surface area (Å²) in [5.74, 6) is -0.580. The van der Waals surface area contributed by atoms with Crippen LogP contribution in [0.5, 0.6) is 0 Å². The number of likely N-dealkylation sites (tertiary alicyclic amines) is 1. The third-order valence-corrected chi connectivity index (χ3v) is 5.09. The first-order valence-electron chi connectivity index (χ1n) is 9.85. The van der Waals surface area contributed by atoms with Gasteiger partial charge in [0, 0.05) is 26.6 Å². The second kappa shape index (κ2) is 11.0. The predicted octanol–water partition coefficient (Wildman–Crippen LogP) is 2.30. The normalized spacial score (nSPS) is 17.5. The van der Waals surface area contributed by atoms with Crippen molar-refractivity contribution in [3.63, 3.8) is 0 Å². The highest BCUT2D eigenvalue weighted by molar-refractivity contribution is 5.83. The minimum absolute atomic E-state index is 0.0730. The molecule has 0 unspecified atom stereocenters. The van der Waals surface area contributed by atoms with E-state index in [9.17, 15) is 9.59 Å². The lowest BCUT2D eigenvalue weighted by Gasteiger charge is -2.34. The fourth-order valence-corrected chi connectivity index (χ4v) is 3.40. The molecule has 2 atom stereocenters. The summed E-state index contributed by atoms with van der Waals surface area (Å²) in [5, 5.41) is 0. The second-order valence-electron chi connectivity index (χ2n) is 7.11. The van der Waals surface area contributed by atoms with Gasteiger partial charge in [0.25, 0.3) is 5.91 Å². The molecule has 0 saturated carbocycles. The van der Waals surface area contributed by atoms with Crippen LogP contribution in [0.1, 0.15) is 44.6 Å². The Balaban J connectivity index is 2.10. The maximum absolute atomic E-state index is 13.1. The zero-order valence-electron chi connectivity index (χ0n) is 16.4. The van der Waals surface area contributed by atoms with Gasteiger partial charge in [0.05, 0.1) is 6.10 Å². The minimum Gasteiger partial charge on any atom is -0.381 e. The highest BCUT2D eigenvalue weighted by Gasteiger charge is 2.32. The molecule has 0 spiro atoms. The van der Waals surface area contributed by atoms with Crippen molar-refractivity contribution in [3.8, 4) is 0 Å². The molecule has 1 fully saturated rings. The Morgan fingerprint density at radius 3 is 2.41 bits per heavy atom. The van der Waals surface area contributed by atoms with E-state index < -0.39 is 18.1 Å². The molecule has 0 bridgehead atoms. The van der Waals surface area contributed by atoms with Gasteiger partial charge in [0.1, 0.15) is 12.2 Å². The second-order valence-corrected chi connectivity index (χ2v) is 7.11. The average Bonchev–Trinajstić information content (AvgIpc) is 2.70. The number of hydrogen-bond acceptors (Lipinski definition) is 4. The van der Waals surface area contributed by atoms with Crippen LogP contribution in [0.2, 0.25) is 0 Å². The summed E-state index contributed by atoms with van der Waals surface area (Å²) in [7, 11) is 1.70. The van der Waals surface area contributed by atoms with Gasteiger partial charge in [0.15, 0.2) is 0 Å². The van der Waals surface area contributed by atoms with Gasteiger partial charge >= 0.3 is 0 Å². The first-order valence-corrected chi connectivity index (χ1v) is 9.85. The van der Waals surface area contributed by atoms with Crippen molar-refractivity contribution in [1.82, 2.24) is 4.90 Å². The van der Waals surface area contributed by atoms with Gasteiger partial charge in [-0.05, 0) is 24.8 Å². The topological polar surface area (TPSA) is 81.9 Å². The van der Waals surface area contributed by atoms with Crippen LogP contribution >= 0.6 is 0 Å². The molecule has 150 valence electrons. The number of carbonyl (C=O) groups is 2. The molecule has 0 aromatic heterocycles. The standard InChI is InChI=1S/C21H32N2O4/c1-3-4-10-18(20(22)24)27-19(15-16-8-6-5-7-9-16)21(25)23-13-11-17(26-2)12-14-23/h5-9,17-19H,3-4,10-15H2,1-2H3,(H2,22,24)/t18-,19-/m0/s1. The molecule has 1 heterocycles. The quantitative estimate of drug-likeness (QED) is 0.679. The van der Waals surface area contributed by atoms with E-state index in [-0.39, 0.29) is 12.0 Å². The van der Waals surface area contributed by atoms with Gasteiger partial charge in [-0.2, -0.15) is 0 Å². The van der Waals surface area contributed by atoms with Crippen molar-refractivity contribution in [3.05, 3.63) is 35.9 Å². The van der Waals surface area contributed by atoms with Crippen LogP contribution in [0.25, 0.3) is 0 Å². The summed E-state index contributed by atoms with van der Waals surface area (Å²) in [6.45, 7) is 3.33.